The van der Waals surface area contributed by atoms with E-state index in [2.05, 4.69) is 19.9 Å². The molecule has 0 heterocycles. The maximum atomic E-state index is 8.39. The predicted molar refractivity (Wildman–Crippen MR) is 50.5 cm³/mol. The normalized spacial score (nSPS) is 13.4. The zero-order chi connectivity index (χ0) is 9.56. The summed E-state index contributed by atoms with van der Waals surface area (Å²) < 4.78 is 0. The first-order valence-electron chi connectivity index (χ1n) is 4.39. The lowest BCUT2D eigenvalue weighted by atomic mass is 10.0. The third-order valence-electron chi connectivity index (χ3n) is 2.04. The summed E-state index contributed by atoms with van der Waals surface area (Å²) in [4.78, 5) is 1.99. The van der Waals surface area contributed by atoms with Crippen molar-refractivity contribution in [2.75, 3.05) is 20.1 Å². The highest BCUT2D eigenvalue weighted by Crippen LogP contribution is 2.02. The van der Waals surface area contributed by atoms with Crippen molar-refractivity contribution in [2.24, 2.45) is 11.7 Å². The fraction of sp³-hybridized carbons (Fsp3) is 0.889. The molecule has 0 aliphatic carbocycles. The van der Waals surface area contributed by atoms with Gasteiger partial charge < -0.3 is 5.73 Å². The molecule has 2 N–H and O–H groups in total. The summed E-state index contributed by atoms with van der Waals surface area (Å²) in [5.74, 6) is 0.528. The molecular formula is C9H19N3. The average Bonchev–Trinajstić information content (AvgIpc) is 2.00. The molecule has 70 valence electrons. The van der Waals surface area contributed by atoms with Crippen LogP contribution in [-0.2, 0) is 0 Å². The summed E-state index contributed by atoms with van der Waals surface area (Å²) in [6, 6.07) is 2.36. The predicted octanol–water partition coefficient (Wildman–Crippen LogP) is 0.815. The van der Waals surface area contributed by atoms with Gasteiger partial charge in [0.2, 0.25) is 0 Å². The minimum atomic E-state index is 0.256. The molecule has 0 aliphatic rings. The van der Waals surface area contributed by atoms with Gasteiger partial charge in [-0.25, -0.2) is 0 Å². The van der Waals surface area contributed by atoms with Crippen LogP contribution in [0, 0.1) is 17.2 Å². The van der Waals surface area contributed by atoms with Crippen LogP contribution in [0.25, 0.3) is 0 Å². The summed E-state index contributed by atoms with van der Waals surface area (Å²) >= 11 is 0. The molecule has 0 saturated heterocycles. The molecule has 0 aromatic carbocycles. The molecule has 1 atom stereocenters. The maximum Gasteiger partial charge on any atom is 0.0863 e. The van der Waals surface area contributed by atoms with Crippen molar-refractivity contribution in [2.45, 2.75) is 26.3 Å². The van der Waals surface area contributed by atoms with Crippen LogP contribution in [0.1, 0.15) is 20.3 Å². The van der Waals surface area contributed by atoms with E-state index in [1.807, 2.05) is 11.9 Å². The van der Waals surface area contributed by atoms with Gasteiger partial charge in [0.1, 0.15) is 0 Å². The van der Waals surface area contributed by atoms with Gasteiger partial charge in [0.05, 0.1) is 12.6 Å². The van der Waals surface area contributed by atoms with Gasteiger partial charge in [0.25, 0.3) is 0 Å². The number of hydrogen-bond donors (Lipinski definition) is 1. The monoisotopic (exact) mass is 169 g/mol. The van der Waals surface area contributed by atoms with Crippen molar-refractivity contribution in [1.82, 2.24) is 4.90 Å². The Bertz CT molecular complexity index is 148. The van der Waals surface area contributed by atoms with E-state index in [1.165, 1.54) is 0 Å². The quantitative estimate of drug-likeness (QED) is 0.620. The van der Waals surface area contributed by atoms with Crippen molar-refractivity contribution >= 4 is 0 Å². The molecule has 0 aromatic rings. The van der Waals surface area contributed by atoms with Crippen molar-refractivity contribution in [1.29, 1.82) is 5.26 Å². The van der Waals surface area contributed by atoms with Gasteiger partial charge in [0, 0.05) is 12.6 Å². The SMILES string of the molecule is CC(C)C(N)CCN(C)CC#N. The van der Waals surface area contributed by atoms with Gasteiger partial charge >= 0.3 is 0 Å². The highest BCUT2D eigenvalue weighted by atomic mass is 15.1. The second-order valence-corrected chi connectivity index (χ2v) is 3.59. The number of nitrogens with zero attached hydrogens (tertiary/aromatic N) is 2. The summed E-state index contributed by atoms with van der Waals surface area (Å²) in [7, 11) is 1.94. The number of nitrogens with two attached hydrogens (primary N) is 1. The van der Waals surface area contributed by atoms with Crippen LogP contribution in [0.5, 0.6) is 0 Å². The van der Waals surface area contributed by atoms with Gasteiger partial charge in [-0.1, -0.05) is 13.8 Å². The summed E-state index contributed by atoms with van der Waals surface area (Å²) in [6.07, 6.45) is 0.968. The van der Waals surface area contributed by atoms with Crippen molar-refractivity contribution < 1.29 is 0 Å². The van der Waals surface area contributed by atoms with E-state index in [9.17, 15) is 0 Å². The molecule has 3 heteroatoms. The van der Waals surface area contributed by atoms with Gasteiger partial charge in [-0.15, -0.1) is 0 Å². The van der Waals surface area contributed by atoms with E-state index in [0.29, 0.717) is 12.5 Å². The lowest BCUT2D eigenvalue weighted by Gasteiger charge is -2.18. The largest absolute Gasteiger partial charge is 0.327 e. The maximum absolute atomic E-state index is 8.39. The average molecular weight is 169 g/mol. The summed E-state index contributed by atoms with van der Waals surface area (Å²) in [5, 5.41) is 8.39. The Morgan fingerprint density at radius 2 is 2.08 bits per heavy atom. The van der Waals surface area contributed by atoms with Gasteiger partial charge in [-0.05, 0) is 19.4 Å². The molecule has 0 saturated carbocycles. The molecule has 0 aliphatic heterocycles. The van der Waals surface area contributed by atoms with Crippen molar-refractivity contribution in [3.8, 4) is 6.07 Å². The number of rotatable bonds is 5. The lowest BCUT2D eigenvalue weighted by Crippen LogP contribution is -2.31. The number of nitriles is 1. The Labute approximate surface area is 75.2 Å². The van der Waals surface area contributed by atoms with Crippen LogP contribution >= 0.6 is 0 Å². The van der Waals surface area contributed by atoms with Crippen LogP contribution in [0.3, 0.4) is 0 Å². The Morgan fingerprint density at radius 3 is 2.50 bits per heavy atom. The third kappa shape index (κ3) is 5.11. The van der Waals surface area contributed by atoms with E-state index in [4.69, 9.17) is 11.0 Å². The van der Waals surface area contributed by atoms with E-state index in [-0.39, 0.29) is 6.04 Å². The second kappa shape index (κ2) is 5.99. The first-order chi connectivity index (χ1) is 5.57. The molecule has 0 fully saturated rings. The third-order valence-corrected chi connectivity index (χ3v) is 2.04. The van der Waals surface area contributed by atoms with Crippen LogP contribution < -0.4 is 5.73 Å². The highest BCUT2D eigenvalue weighted by Gasteiger charge is 2.07. The molecule has 12 heavy (non-hydrogen) atoms. The summed E-state index contributed by atoms with van der Waals surface area (Å²) in [6.45, 7) is 5.64. The molecule has 1 unspecified atom stereocenters. The lowest BCUT2D eigenvalue weighted by molar-refractivity contribution is 0.330. The minimum Gasteiger partial charge on any atom is -0.327 e. The topological polar surface area (TPSA) is 53.0 Å². The summed E-state index contributed by atoms with van der Waals surface area (Å²) in [5.41, 5.74) is 5.85. The first-order valence-corrected chi connectivity index (χ1v) is 4.39. The Kier molecular flexibility index (Phi) is 5.69. The standard InChI is InChI=1S/C9H19N3/c1-8(2)9(11)4-6-12(3)7-5-10/h8-9H,4,6-7,11H2,1-3H3. The molecule has 0 bridgehead atoms. The Morgan fingerprint density at radius 1 is 1.50 bits per heavy atom. The van der Waals surface area contributed by atoms with Crippen LogP contribution in [0.15, 0.2) is 0 Å². The fourth-order valence-corrected chi connectivity index (χ4v) is 0.903. The smallest absolute Gasteiger partial charge is 0.0863 e. The van der Waals surface area contributed by atoms with Crippen LogP contribution in [-0.4, -0.2) is 31.1 Å². The molecule has 0 spiro atoms. The zero-order valence-electron chi connectivity index (χ0n) is 8.25. The molecule has 0 amide bonds. The van der Waals surface area contributed by atoms with Crippen LogP contribution in [0.4, 0.5) is 0 Å². The van der Waals surface area contributed by atoms with Crippen LogP contribution in [0.2, 0.25) is 0 Å². The molecule has 0 radical (unpaired) electrons. The van der Waals surface area contributed by atoms with Gasteiger partial charge in [-0.2, -0.15) is 5.26 Å². The highest BCUT2D eigenvalue weighted by molar-refractivity contribution is 4.75. The molecule has 3 nitrogen and oxygen atoms in total. The second-order valence-electron chi connectivity index (χ2n) is 3.59. The molecule has 0 aromatic heterocycles. The van der Waals surface area contributed by atoms with Gasteiger partial charge in [0.15, 0.2) is 0 Å². The van der Waals surface area contributed by atoms with E-state index in [0.717, 1.165) is 13.0 Å². The van der Waals surface area contributed by atoms with Crippen molar-refractivity contribution in [3.05, 3.63) is 0 Å². The van der Waals surface area contributed by atoms with E-state index >= 15 is 0 Å². The minimum absolute atomic E-state index is 0.256. The molecule has 0 rings (SSSR count). The van der Waals surface area contributed by atoms with E-state index in [1.54, 1.807) is 0 Å². The Balaban J connectivity index is 3.48. The first kappa shape index (κ1) is 11.4. The zero-order valence-corrected chi connectivity index (χ0v) is 8.25. The van der Waals surface area contributed by atoms with Crippen molar-refractivity contribution in [3.63, 3.8) is 0 Å². The Hall–Kier alpha value is -0.590. The van der Waals surface area contributed by atoms with Gasteiger partial charge in [-0.3, -0.25) is 4.90 Å². The van der Waals surface area contributed by atoms with E-state index < -0.39 is 0 Å². The molecular weight excluding hydrogens is 150 g/mol. The number of hydrogen-bond acceptors (Lipinski definition) is 3. The fourth-order valence-electron chi connectivity index (χ4n) is 0.903.